The van der Waals surface area contributed by atoms with Gasteiger partial charge >= 0.3 is 5.97 Å². The topological polar surface area (TPSA) is 50.1 Å². The fourth-order valence-electron chi connectivity index (χ4n) is 1.63. The maximum atomic E-state index is 11.6. The quantitative estimate of drug-likeness (QED) is 0.731. The minimum Gasteiger partial charge on any atom is -0.462 e. The van der Waals surface area contributed by atoms with Crippen LogP contribution in [0.2, 0.25) is 0 Å². The van der Waals surface area contributed by atoms with Crippen molar-refractivity contribution in [2.75, 3.05) is 6.61 Å². The van der Waals surface area contributed by atoms with Crippen molar-refractivity contribution in [2.24, 2.45) is 0 Å². The third kappa shape index (κ3) is 2.40. The molecule has 0 saturated heterocycles. The molecule has 0 spiro atoms. The molecule has 3 nitrogen and oxygen atoms in total. The second kappa shape index (κ2) is 5.32. The average molecular weight is 217 g/mol. The van der Waals surface area contributed by atoms with Gasteiger partial charge < -0.3 is 4.74 Å². The summed E-state index contributed by atoms with van der Waals surface area (Å²) in [6.45, 7) is 5.93. The number of rotatable bonds is 3. The Labute approximate surface area is 95.7 Å². The van der Waals surface area contributed by atoms with Crippen LogP contribution >= 0.6 is 0 Å². The van der Waals surface area contributed by atoms with Gasteiger partial charge in [-0.1, -0.05) is 6.92 Å². The Morgan fingerprint density at radius 3 is 2.62 bits per heavy atom. The van der Waals surface area contributed by atoms with Crippen LogP contribution in [0, 0.1) is 18.3 Å². The molecule has 1 rings (SSSR count). The Morgan fingerprint density at radius 2 is 2.12 bits per heavy atom. The predicted molar refractivity (Wildman–Crippen MR) is 61.2 cm³/mol. The third-order valence-corrected chi connectivity index (χ3v) is 2.42. The smallest absolute Gasteiger partial charge is 0.338 e. The van der Waals surface area contributed by atoms with Crippen LogP contribution in [0.5, 0.6) is 0 Å². The monoisotopic (exact) mass is 217 g/mol. The molecule has 1 aromatic carbocycles. The first-order valence-electron chi connectivity index (χ1n) is 5.34. The lowest BCUT2D eigenvalue weighted by molar-refractivity contribution is 0.0526. The van der Waals surface area contributed by atoms with E-state index in [-0.39, 0.29) is 5.97 Å². The molecular weight excluding hydrogens is 202 g/mol. The summed E-state index contributed by atoms with van der Waals surface area (Å²) in [5, 5.41) is 9.00. The van der Waals surface area contributed by atoms with Crippen LogP contribution in [-0.4, -0.2) is 12.6 Å². The summed E-state index contributed by atoms with van der Waals surface area (Å²) in [6, 6.07) is 5.60. The molecule has 1 aromatic rings. The number of aryl methyl sites for hydroxylation is 2. The van der Waals surface area contributed by atoms with Crippen molar-refractivity contribution in [3.05, 3.63) is 34.4 Å². The first-order chi connectivity index (χ1) is 7.63. The molecule has 0 aliphatic rings. The molecule has 0 fully saturated rings. The van der Waals surface area contributed by atoms with Gasteiger partial charge in [-0.15, -0.1) is 0 Å². The van der Waals surface area contributed by atoms with Crippen molar-refractivity contribution < 1.29 is 9.53 Å². The molecule has 3 heteroatoms. The summed E-state index contributed by atoms with van der Waals surface area (Å²) in [7, 11) is 0. The number of nitriles is 1. The van der Waals surface area contributed by atoms with Crippen molar-refractivity contribution in [3.8, 4) is 6.07 Å². The van der Waals surface area contributed by atoms with Crippen molar-refractivity contribution in [1.82, 2.24) is 0 Å². The van der Waals surface area contributed by atoms with Gasteiger partial charge in [-0.2, -0.15) is 5.26 Å². The van der Waals surface area contributed by atoms with Crippen molar-refractivity contribution in [3.63, 3.8) is 0 Å². The largest absolute Gasteiger partial charge is 0.462 e. The predicted octanol–water partition coefficient (Wildman–Crippen LogP) is 2.61. The summed E-state index contributed by atoms with van der Waals surface area (Å²) in [4.78, 5) is 11.6. The summed E-state index contributed by atoms with van der Waals surface area (Å²) in [5.41, 5.74) is 2.90. The van der Waals surface area contributed by atoms with Gasteiger partial charge in [-0.05, 0) is 43.5 Å². The molecule has 0 aliphatic heterocycles. The zero-order chi connectivity index (χ0) is 12.1. The maximum Gasteiger partial charge on any atom is 0.338 e. The number of hydrogen-bond acceptors (Lipinski definition) is 3. The molecule has 0 aromatic heterocycles. The molecular formula is C13H15NO2. The van der Waals surface area contributed by atoms with Crippen LogP contribution in [0.3, 0.4) is 0 Å². The van der Waals surface area contributed by atoms with Gasteiger partial charge in [-0.3, -0.25) is 0 Å². The fraction of sp³-hybridized carbons (Fsp3) is 0.385. The molecule has 0 radical (unpaired) electrons. The highest BCUT2D eigenvalue weighted by molar-refractivity contribution is 5.90. The highest BCUT2D eigenvalue weighted by Crippen LogP contribution is 2.17. The number of benzene rings is 1. The van der Waals surface area contributed by atoms with Gasteiger partial charge in [-0.25, -0.2) is 4.79 Å². The van der Waals surface area contributed by atoms with Crippen molar-refractivity contribution in [1.29, 1.82) is 5.26 Å². The van der Waals surface area contributed by atoms with E-state index in [4.69, 9.17) is 10.00 Å². The molecule has 0 aliphatic carbocycles. The molecule has 84 valence electrons. The van der Waals surface area contributed by atoms with Crippen LogP contribution < -0.4 is 0 Å². The van der Waals surface area contributed by atoms with Crippen LogP contribution in [0.15, 0.2) is 12.1 Å². The van der Waals surface area contributed by atoms with Crippen molar-refractivity contribution >= 4 is 5.97 Å². The van der Waals surface area contributed by atoms with E-state index in [1.807, 2.05) is 13.8 Å². The molecule has 0 amide bonds. The van der Waals surface area contributed by atoms with E-state index >= 15 is 0 Å². The number of esters is 1. The molecule has 0 unspecified atom stereocenters. The zero-order valence-corrected chi connectivity index (χ0v) is 9.83. The first-order valence-corrected chi connectivity index (χ1v) is 5.34. The number of carbonyl (C=O) groups excluding carboxylic acids is 1. The number of hydrogen-bond donors (Lipinski definition) is 0. The molecule has 0 N–H and O–H groups in total. The fourth-order valence-corrected chi connectivity index (χ4v) is 1.63. The van der Waals surface area contributed by atoms with E-state index in [0.29, 0.717) is 17.7 Å². The van der Waals surface area contributed by atoms with E-state index in [1.54, 1.807) is 19.1 Å². The first kappa shape index (κ1) is 12.3. The zero-order valence-electron chi connectivity index (χ0n) is 9.83. The lowest BCUT2D eigenvalue weighted by atomic mass is 9.98. The van der Waals surface area contributed by atoms with Crippen molar-refractivity contribution in [2.45, 2.75) is 27.2 Å². The van der Waals surface area contributed by atoms with Gasteiger partial charge in [0.25, 0.3) is 0 Å². The lowest BCUT2D eigenvalue weighted by Gasteiger charge is -2.08. The number of nitrogens with zero attached hydrogens (tertiary/aromatic N) is 1. The highest BCUT2D eigenvalue weighted by Gasteiger charge is 2.12. The SMILES string of the molecule is CCOC(=O)c1cc(C)c(C#N)c(CC)c1. The summed E-state index contributed by atoms with van der Waals surface area (Å²) >= 11 is 0. The second-order valence-electron chi connectivity index (χ2n) is 3.51. The Morgan fingerprint density at radius 1 is 1.44 bits per heavy atom. The third-order valence-electron chi connectivity index (χ3n) is 2.42. The summed E-state index contributed by atoms with van der Waals surface area (Å²) in [6.07, 6.45) is 0.733. The number of ether oxygens (including phenoxy) is 1. The summed E-state index contributed by atoms with van der Waals surface area (Å²) < 4.78 is 4.93. The van der Waals surface area contributed by atoms with Crippen LogP contribution in [0.4, 0.5) is 0 Å². The van der Waals surface area contributed by atoms with Gasteiger partial charge in [0.1, 0.15) is 0 Å². The normalized spacial score (nSPS) is 9.62. The van der Waals surface area contributed by atoms with Crippen LogP contribution in [0.1, 0.15) is 40.9 Å². The summed E-state index contributed by atoms with van der Waals surface area (Å²) in [5.74, 6) is -0.329. The van der Waals surface area contributed by atoms with Gasteiger partial charge in [0.15, 0.2) is 0 Å². The van der Waals surface area contributed by atoms with E-state index in [0.717, 1.165) is 17.5 Å². The lowest BCUT2D eigenvalue weighted by Crippen LogP contribution is -2.07. The minimum absolute atomic E-state index is 0.329. The van der Waals surface area contributed by atoms with E-state index in [1.165, 1.54) is 0 Å². The van der Waals surface area contributed by atoms with Gasteiger partial charge in [0, 0.05) is 0 Å². The van der Waals surface area contributed by atoms with E-state index in [9.17, 15) is 4.79 Å². The minimum atomic E-state index is -0.329. The molecule has 16 heavy (non-hydrogen) atoms. The molecule has 0 saturated carbocycles. The molecule has 0 atom stereocenters. The van der Waals surface area contributed by atoms with Crippen LogP contribution in [0.25, 0.3) is 0 Å². The van der Waals surface area contributed by atoms with Crippen LogP contribution in [-0.2, 0) is 11.2 Å². The average Bonchev–Trinajstić information content (AvgIpc) is 2.28. The number of carbonyl (C=O) groups is 1. The standard InChI is InChI=1S/C13H15NO2/c1-4-10-7-11(13(15)16-5-2)6-9(3)12(10)8-14/h6-7H,4-5H2,1-3H3. The Bertz CT molecular complexity index is 444. The maximum absolute atomic E-state index is 11.6. The second-order valence-corrected chi connectivity index (χ2v) is 3.51. The highest BCUT2D eigenvalue weighted by atomic mass is 16.5. The van der Waals surface area contributed by atoms with Gasteiger partial charge in [0.05, 0.1) is 23.8 Å². The van der Waals surface area contributed by atoms with E-state index in [2.05, 4.69) is 6.07 Å². The molecule has 0 heterocycles. The Kier molecular flexibility index (Phi) is 4.07. The Hall–Kier alpha value is -1.82. The van der Waals surface area contributed by atoms with Gasteiger partial charge in [0.2, 0.25) is 0 Å². The van der Waals surface area contributed by atoms with E-state index < -0.39 is 0 Å². The Balaban J connectivity index is 3.21. The molecule has 0 bridgehead atoms.